The molecule has 5 aromatic rings. The minimum Gasteiger partial charge on any atom is -0.320 e. The van der Waals surface area contributed by atoms with E-state index in [-0.39, 0.29) is 11.6 Å². The van der Waals surface area contributed by atoms with Crippen molar-refractivity contribution in [2.45, 2.75) is 6.92 Å². The number of carbonyl (C=O) groups is 1. The van der Waals surface area contributed by atoms with Crippen LogP contribution in [0, 0.1) is 6.92 Å². The maximum atomic E-state index is 13.5. The fourth-order valence-electron chi connectivity index (χ4n) is 3.31. The van der Waals surface area contributed by atoms with Crippen LogP contribution < -0.4 is 5.32 Å². The summed E-state index contributed by atoms with van der Waals surface area (Å²) in [4.78, 5) is 14.4. The van der Waals surface area contributed by atoms with E-state index >= 15 is 0 Å². The summed E-state index contributed by atoms with van der Waals surface area (Å²) in [6.07, 6.45) is 3.27. The Morgan fingerprint density at radius 2 is 1.88 bits per heavy atom. The van der Waals surface area contributed by atoms with Gasteiger partial charge in [-0.15, -0.1) is 21.5 Å². The number of nitrogens with one attached hydrogen (secondary N) is 1. The van der Waals surface area contributed by atoms with Gasteiger partial charge in [0.15, 0.2) is 5.82 Å². The number of benzene rings is 2. The third-order valence-corrected chi connectivity index (χ3v) is 5.75. The van der Waals surface area contributed by atoms with Crippen LogP contribution in [0.1, 0.15) is 10.4 Å². The molecule has 10 nitrogen and oxygen atoms in total. The first kappa shape index (κ1) is 20.4. The molecule has 0 saturated carbocycles. The van der Waals surface area contributed by atoms with Crippen molar-refractivity contribution in [3.63, 3.8) is 0 Å². The molecule has 2 aromatic carbocycles. The number of nitrogens with zero attached hydrogens (tertiary/aromatic N) is 8. The van der Waals surface area contributed by atoms with Crippen LogP contribution in [0.2, 0.25) is 0 Å². The van der Waals surface area contributed by atoms with Crippen molar-refractivity contribution in [1.29, 1.82) is 0 Å². The average Bonchev–Trinajstić information content (AvgIpc) is 3.62. The molecule has 3 aromatic heterocycles. The van der Waals surface area contributed by atoms with Gasteiger partial charge < -0.3 is 5.32 Å². The lowest BCUT2D eigenvalue weighted by atomic mass is 10.1. The molecule has 0 atom stereocenters. The van der Waals surface area contributed by atoms with Crippen LogP contribution in [-0.4, -0.2) is 46.3 Å². The van der Waals surface area contributed by atoms with Gasteiger partial charge in [-0.3, -0.25) is 4.79 Å². The summed E-state index contributed by atoms with van der Waals surface area (Å²) >= 11 is 1.51. The standard InChI is InChI=1S/C22H17N9OS/c1-15-18(10-5-11-19(15)30-14-23-26-28-30)24-22(32)20(13-17-9-6-12-33-17)31-21(25-27-29-31)16-7-3-2-4-8-16/h2-14H,1H3,(H,24,32). The number of aromatic nitrogens is 8. The van der Waals surface area contributed by atoms with Crippen molar-refractivity contribution in [3.8, 4) is 17.1 Å². The molecule has 1 N–H and O–H groups in total. The van der Waals surface area contributed by atoms with Gasteiger partial charge in [-0.1, -0.05) is 42.5 Å². The lowest BCUT2D eigenvalue weighted by Crippen LogP contribution is -2.20. The number of amides is 1. The number of rotatable bonds is 6. The topological polar surface area (TPSA) is 116 Å². The summed E-state index contributed by atoms with van der Waals surface area (Å²) in [6, 6.07) is 18.8. The number of thiophene rings is 1. The summed E-state index contributed by atoms with van der Waals surface area (Å²) in [5.41, 5.74) is 3.28. The van der Waals surface area contributed by atoms with E-state index in [1.165, 1.54) is 22.3 Å². The summed E-state index contributed by atoms with van der Waals surface area (Å²) in [5.74, 6) is 0.109. The molecule has 162 valence electrons. The molecule has 0 spiro atoms. The average molecular weight is 456 g/mol. The van der Waals surface area contributed by atoms with Gasteiger partial charge >= 0.3 is 0 Å². The number of hydrogen-bond donors (Lipinski definition) is 1. The fraction of sp³-hybridized carbons (Fsp3) is 0.0455. The predicted molar refractivity (Wildman–Crippen MR) is 124 cm³/mol. The van der Waals surface area contributed by atoms with Gasteiger partial charge in [0.1, 0.15) is 12.0 Å². The molecule has 1 amide bonds. The van der Waals surface area contributed by atoms with Gasteiger partial charge in [-0.2, -0.15) is 4.68 Å². The van der Waals surface area contributed by atoms with E-state index in [0.717, 1.165) is 21.7 Å². The molecule has 5 rings (SSSR count). The number of carbonyl (C=O) groups excluding carboxylic acids is 1. The SMILES string of the molecule is Cc1c(NC(=O)C(=Cc2cccs2)n2nnnc2-c2ccccc2)cccc1-n1cnnn1. The summed E-state index contributed by atoms with van der Waals surface area (Å²) < 4.78 is 2.99. The third kappa shape index (κ3) is 4.16. The van der Waals surface area contributed by atoms with Crippen LogP contribution in [0.25, 0.3) is 28.8 Å². The number of anilines is 1. The van der Waals surface area contributed by atoms with Gasteiger partial charge in [0.05, 0.1) is 5.69 Å². The van der Waals surface area contributed by atoms with Gasteiger partial charge in [0, 0.05) is 16.1 Å². The van der Waals surface area contributed by atoms with Crippen molar-refractivity contribution in [2.24, 2.45) is 0 Å². The van der Waals surface area contributed by atoms with Gasteiger partial charge in [0.25, 0.3) is 5.91 Å². The number of tetrazole rings is 2. The lowest BCUT2D eigenvalue weighted by molar-refractivity contribution is -0.111. The van der Waals surface area contributed by atoms with Crippen molar-refractivity contribution in [2.75, 3.05) is 5.32 Å². The Hall–Kier alpha value is -4.51. The summed E-state index contributed by atoms with van der Waals surface area (Å²) in [6.45, 7) is 1.89. The molecule has 33 heavy (non-hydrogen) atoms. The van der Waals surface area contributed by atoms with Crippen molar-refractivity contribution < 1.29 is 4.79 Å². The molecule has 0 fully saturated rings. The van der Waals surface area contributed by atoms with Crippen LogP contribution in [0.15, 0.2) is 72.4 Å². The van der Waals surface area contributed by atoms with E-state index in [1.807, 2.05) is 73.0 Å². The second kappa shape index (κ2) is 8.93. The first-order valence-electron chi connectivity index (χ1n) is 9.94. The second-order valence-electron chi connectivity index (χ2n) is 6.98. The highest BCUT2D eigenvalue weighted by Crippen LogP contribution is 2.25. The van der Waals surface area contributed by atoms with E-state index < -0.39 is 0 Å². The lowest BCUT2D eigenvalue weighted by Gasteiger charge is -2.14. The van der Waals surface area contributed by atoms with Crippen molar-refractivity contribution >= 4 is 34.7 Å². The molecule has 0 aliphatic heterocycles. The van der Waals surface area contributed by atoms with Crippen LogP contribution in [0.3, 0.4) is 0 Å². The highest BCUT2D eigenvalue weighted by molar-refractivity contribution is 7.10. The predicted octanol–water partition coefficient (Wildman–Crippen LogP) is 3.32. The number of hydrogen-bond acceptors (Lipinski definition) is 8. The maximum absolute atomic E-state index is 13.5. The third-order valence-electron chi connectivity index (χ3n) is 4.93. The monoisotopic (exact) mass is 455 g/mol. The van der Waals surface area contributed by atoms with Crippen molar-refractivity contribution in [1.82, 2.24) is 40.4 Å². The smallest absolute Gasteiger partial charge is 0.274 e. The quantitative estimate of drug-likeness (QED) is 0.390. The van der Waals surface area contributed by atoms with Crippen LogP contribution in [0.4, 0.5) is 5.69 Å². The Bertz CT molecular complexity index is 1410. The zero-order valence-electron chi connectivity index (χ0n) is 17.4. The highest BCUT2D eigenvalue weighted by atomic mass is 32.1. The van der Waals surface area contributed by atoms with E-state index in [0.29, 0.717) is 11.5 Å². The summed E-state index contributed by atoms with van der Waals surface area (Å²) in [5, 5.41) is 28.3. The fourth-order valence-corrected chi connectivity index (χ4v) is 3.96. The molecule has 0 unspecified atom stereocenters. The molecular weight excluding hydrogens is 438 g/mol. The Kier molecular flexibility index (Phi) is 5.52. The molecule has 0 radical (unpaired) electrons. The Labute approximate surface area is 192 Å². The zero-order chi connectivity index (χ0) is 22.6. The summed E-state index contributed by atoms with van der Waals surface area (Å²) in [7, 11) is 0. The van der Waals surface area contributed by atoms with E-state index in [2.05, 4.69) is 36.4 Å². The highest BCUT2D eigenvalue weighted by Gasteiger charge is 2.20. The molecule has 0 saturated heterocycles. The van der Waals surface area contributed by atoms with E-state index in [1.54, 1.807) is 10.8 Å². The second-order valence-corrected chi connectivity index (χ2v) is 7.96. The van der Waals surface area contributed by atoms with E-state index in [4.69, 9.17) is 0 Å². The molecular formula is C22H17N9OS. The van der Waals surface area contributed by atoms with Crippen LogP contribution in [-0.2, 0) is 4.79 Å². The first-order valence-corrected chi connectivity index (χ1v) is 10.8. The largest absolute Gasteiger partial charge is 0.320 e. The minimum absolute atomic E-state index is 0.286. The van der Waals surface area contributed by atoms with Gasteiger partial charge in [0.2, 0.25) is 0 Å². The van der Waals surface area contributed by atoms with E-state index in [9.17, 15) is 4.79 Å². The minimum atomic E-state index is -0.357. The Morgan fingerprint density at radius 3 is 2.64 bits per heavy atom. The van der Waals surface area contributed by atoms with Gasteiger partial charge in [-0.25, -0.2) is 4.68 Å². The molecule has 11 heteroatoms. The van der Waals surface area contributed by atoms with Crippen LogP contribution >= 0.6 is 11.3 Å². The Morgan fingerprint density at radius 1 is 1.00 bits per heavy atom. The zero-order valence-corrected chi connectivity index (χ0v) is 18.2. The normalized spacial score (nSPS) is 11.5. The Balaban J connectivity index is 1.54. The maximum Gasteiger partial charge on any atom is 0.274 e. The van der Waals surface area contributed by atoms with Crippen molar-refractivity contribution in [3.05, 3.63) is 82.8 Å². The van der Waals surface area contributed by atoms with Crippen LogP contribution in [0.5, 0.6) is 0 Å². The molecule has 0 aliphatic rings. The van der Waals surface area contributed by atoms with Gasteiger partial charge in [-0.05, 0) is 63.0 Å². The molecule has 0 bridgehead atoms. The molecule has 3 heterocycles. The first-order chi connectivity index (χ1) is 16.2. The molecule has 0 aliphatic carbocycles.